The van der Waals surface area contributed by atoms with Crippen molar-refractivity contribution >= 4 is 11.9 Å². The third-order valence-corrected chi connectivity index (χ3v) is 4.45. The monoisotopic (exact) mass is 378 g/mol. The number of carbonyl (C=O) groups is 1. The number of aliphatic imine (C=N–C) groups is 1. The van der Waals surface area contributed by atoms with Crippen molar-refractivity contribution in [3.63, 3.8) is 0 Å². The van der Waals surface area contributed by atoms with Crippen LogP contribution in [0.1, 0.15) is 39.5 Å². The van der Waals surface area contributed by atoms with Gasteiger partial charge in [0.15, 0.2) is 17.5 Å². The second-order valence-electron chi connectivity index (χ2n) is 6.56. The van der Waals surface area contributed by atoms with E-state index in [0.29, 0.717) is 18.9 Å². The molecule has 0 aliphatic carbocycles. The minimum atomic E-state index is -0.360. The third-order valence-electron chi connectivity index (χ3n) is 4.45. The molecule has 1 heterocycles. The van der Waals surface area contributed by atoms with Crippen LogP contribution in [0.3, 0.4) is 0 Å². The summed E-state index contributed by atoms with van der Waals surface area (Å²) in [4.78, 5) is 18.1. The van der Waals surface area contributed by atoms with E-state index >= 15 is 0 Å². The molecule has 1 saturated heterocycles. The number of para-hydroxylation sites is 1. The number of hydrogen-bond acceptors (Lipinski definition) is 3. The lowest BCUT2D eigenvalue weighted by Crippen LogP contribution is -2.39. The zero-order valence-electron chi connectivity index (χ0n) is 16.3. The average molecular weight is 378 g/mol. The van der Waals surface area contributed by atoms with Gasteiger partial charge in [-0.05, 0) is 38.3 Å². The summed E-state index contributed by atoms with van der Waals surface area (Å²) < 4.78 is 19.5. The van der Waals surface area contributed by atoms with E-state index in [1.807, 2.05) is 18.7 Å². The number of carbonyl (C=O) groups excluding carboxylic acids is 1. The first-order valence-electron chi connectivity index (χ1n) is 9.85. The highest BCUT2D eigenvalue weighted by Gasteiger charge is 2.19. The standard InChI is InChI=1S/C20H31FN4O2/c1-3-16(27-18-10-6-5-9-17(18)21)15-24-20(22-4-2)23-12-8-14-25-13-7-11-19(25)26/h5-6,9-10,16H,3-4,7-8,11-15H2,1-2H3,(H2,22,23,24). The van der Waals surface area contributed by atoms with E-state index in [1.165, 1.54) is 6.07 Å². The summed E-state index contributed by atoms with van der Waals surface area (Å²) >= 11 is 0. The van der Waals surface area contributed by atoms with E-state index in [0.717, 1.165) is 45.4 Å². The lowest BCUT2D eigenvalue weighted by molar-refractivity contribution is -0.127. The average Bonchev–Trinajstić information content (AvgIpc) is 3.08. The fourth-order valence-electron chi connectivity index (χ4n) is 2.92. The summed E-state index contributed by atoms with van der Waals surface area (Å²) in [6.07, 6.45) is 3.06. The van der Waals surface area contributed by atoms with Crippen molar-refractivity contribution in [1.82, 2.24) is 15.5 Å². The minimum absolute atomic E-state index is 0.195. The van der Waals surface area contributed by atoms with Gasteiger partial charge in [0, 0.05) is 32.6 Å². The SMILES string of the molecule is CCNC(=NCC(CC)Oc1ccccc1F)NCCCN1CCCC1=O. The van der Waals surface area contributed by atoms with Crippen molar-refractivity contribution in [1.29, 1.82) is 0 Å². The van der Waals surface area contributed by atoms with Gasteiger partial charge in [-0.25, -0.2) is 9.38 Å². The van der Waals surface area contributed by atoms with Gasteiger partial charge in [-0.15, -0.1) is 0 Å². The van der Waals surface area contributed by atoms with Crippen molar-refractivity contribution < 1.29 is 13.9 Å². The molecule has 27 heavy (non-hydrogen) atoms. The number of halogens is 1. The van der Waals surface area contributed by atoms with Crippen LogP contribution >= 0.6 is 0 Å². The molecule has 1 aromatic rings. The number of guanidine groups is 1. The highest BCUT2D eigenvalue weighted by atomic mass is 19.1. The van der Waals surface area contributed by atoms with Crippen molar-refractivity contribution in [3.05, 3.63) is 30.1 Å². The van der Waals surface area contributed by atoms with E-state index in [2.05, 4.69) is 15.6 Å². The molecule has 150 valence electrons. The molecule has 1 aliphatic heterocycles. The summed E-state index contributed by atoms with van der Waals surface area (Å²) in [5, 5.41) is 6.49. The molecule has 1 aromatic carbocycles. The maximum absolute atomic E-state index is 13.8. The lowest BCUT2D eigenvalue weighted by atomic mass is 10.2. The van der Waals surface area contributed by atoms with Crippen molar-refractivity contribution in [2.75, 3.05) is 32.7 Å². The van der Waals surface area contributed by atoms with E-state index in [9.17, 15) is 9.18 Å². The van der Waals surface area contributed by atoms with E-state index in [4.69, 9.17) is 4.74 Å². The fraction of sp³-hybridized carbons (Fsp3) is 0.600. The number of rotatable bonds is 10. The Morgan fingerprint density at radius 2 is 2.15 bits per heavy atom. The molecule has 0 saturated carbocycles. The Bertz CT molecular complexity index is 624. The Kier molecular flexibility index (Phi) is 8.87. The number of hydrogen-bond donors (Lipinski definition) is 2. The molecule has 1 fully saturated rings. The molecule has 0 aromatic heterocycles. The number of nitrogens with one attached hydrogen (secondary N) is 2. The Morgan fingerprint density at radius 3 is 2.81 bits per heavy atom. The summed E-state index contributed by atoms with van der Waals surface area (Å²) in [6, 6.07) is 6.42. The van der Waals surface area contributed by atoms with Gasteiger partial charge < -0.3 is 20.3 Å². The lowest BCUT2D eigenvalue weighted by Gasteiger charge is -2.18. The van der Waals surface area contributed by atoms with Gasteiger partial charge in [0.05, 0.1) is 6.54 Å². The van der Waals surface area contributed by atoms with Crippen LogP contribution in [0.5, 0.6) is 5.75 Å². The van der Waals surface area contributed by atoms with Crippen LogP contribution in [-0.4, -0.2) is 55.6 Å². The maximum atomic E-state index is 13.8. The zero-order chi connectivity index (χ0) is 19.5. The summed E-state index contributed by atoms with van der Waals surface area (Å²) in [6.45, 7) is 7.58. The van der Waals surface area contributed by atoms with Crippen LogP contribution in [-0.2, 0) is 4.79 Å². The molecule has 1 atom stereocenters. The zero-order valence-corrected chi connectivity index (χ0v) is 16.3. The predicted octanol–water partition coefficient (Wildman–Crippen LogP) is 2.55. The largest absolute Gasteiger partial charge is 0.485 e. The van der Waals surface area contributed by atoms with Crippen LogP contribution < -0.4 is 15.4 Å². The van der Waals surface area contributed by atoms with E-state index in [1.54, 1.807) is 18.2 Å². The molecule has 1 unspecified atom stereocenters. The fourth-order valence-corrected chi connectivity index (χ4v) is 2.92. The van der Waals surface area contributed by atoms with Crippen molar-refractivity contribution in [3.8, 4) is 5.75 Å². The molecule has 0 spiro atoms. The molecule has 0 bridgehead atoms. The van der Waals surface area contributed by atoms with Crippen molar-refractivity contribution in [2.24, 2.45) is 4.99 Å². The summed E-state index contributed by atoms with van der Waals surface area (Å²) in [5.41, 5.74) is 0. The van der Waals surface area contributed by atoms with Gasteiger partial charge >= 0.3 is 0 Å². The molecular weight excluding hydrogens is 347 g/mol. The Morgan fingerprint density at radius 1 is 1.33 bits per heavy atom. The van der Waals surface area contributed by atoms with E-state index < -0.39 is 0 Å². The Hall–Kier alpha value is -2.31. The summed E-state index contributed by atoms with van der Waals surface area (Å²) in [7, 11) is 0. The van der Waals surface area contributed by atoms with Crippen molar-refractivity contribution in [2.45, 2.75) is 45.6 Å². The maximum Gasteiger partial charge on any atom is 0.222 e. The molecular formula is C20H31FN4O2. The third kappa shape index (κ3) is 7.07. The quantitative estimate of drug-likeness (QED) is 0.373. The van der Waals surface area contributed by atoms with Crippen LogP contribution in [0.4, 0.5) is 4.39 Å². The molecule has 6 nitrogen and oxygen atoms in total. The van der Waals surface area contributed by atoms with E-state index in [-0.39, 0.29) is 23.6 Å². The molecule has 2 N–H and O–H groups in total. The second kappa shape index (κ2) is 11.4. The van der Waals surface area contributed by atoms with Gasteiger partial charge in [0.25, 0.3) is 0 Å². The summed E-state index contributed by atoms with van der Waals surface area (Å²) in [5.74, 6) is 0.863. The van der Waals surface area contributed by atoms with Gasteiger partial charge in [-0.1, -0.05) is 19.1 Å². The number of benzene rings is 1. The highest BCUT2D eigenvalue weighted by Crippen LogP contribution is 2.18. The topological polar surface area (TPSA) is 66.0 Å². The minimum Gasteiger partial charge on any atom is -0.485 e. The first-order valence-corrected chi connectivity index (χ1v) is 9.85. The Balaban J connectivity index is 1.79. The van der Waals surface area contributed by atoms with Gasteiger partial charge in [0.2, 0.25) is 5.91 Å². The Labute approximate surface area is 161 Å². The second-order valence-corrected chi connectivity index (χ2v) is 6.56. The number of amides is 1. The smallest absolute Gasteiger partial charge is 0.222 e. The molecule has 2 rings (SSSR count). The van der Waals surface area contributed by atoms with Crippen LogP contribution in [0, 0.1) is 5.82 Å². The van der Waals surface area contributed by atoms with Crippen LogP contribution in [0.15, 0.2) is 29.3 Å². The predicted molar refractivity (Wildman–Crippen MR) is 106 cm³/mol. The van der Waals surface area contributed by atoms with Crippen LogP contribution in [0.25, 0.3) is 0 Å². The van der Waals surface area contributed by atoms with Gasteiger partial charge in [-0.2, -0.15) is 0 Å². The molecule has 7 heteroatoms. The molecule has 1 aliphatic rings. The number of likely N-dealkylation sites (tertiary alicyclic amines) is 1. The molecule has 0 radical (unpaired) electrons. The highest BCUT2D eigenvalue weighted by molar-refractivity contribution is 5.79. The number of nitrogens with zero attached hydrogens (tertiary/aromatic N) is 2. The van der Waals surface area contributed by atoms with Crippen LogP contribution in [0.2, 0.25) is 0 Å². The normalized spacial score (nSPS) is 15.7. The van der Waals surface area contributed by atoms with Gasteiger partial charge in [0.1, 0.15) is 6.10 Å². The van der Waals surface area contributed by atoms with Gasteiger partial charge in [-0.3, -0.25) is 4.79 Å². The first kappa shape index (κ1) is 21.0. The molecule has 1 amide bonds. The number of ether oxygens (including phenoxy) is 1. The first-order chi connectivity index (χ1) is 13.1.